The van der Waals surface area contributed by atoms with Crippen molar-refractivity contribution >= 4 is 27.5 Å². The van der Waals surface area contributed by atoms with Crippen LogP contribution in [0.1, 0.15) is 11.1 Å². The molecule has 6 heteroatoms. The second kappa shape index (κ2) is 4.83. The third-order valence-electron chi connectivity index (χ3n) is 2.88. The first-order valence-corrected chi connectivity index (χ1v) is 6.34. The number of nitro benzene ring substituents is 1. The second-order valence-corrected chi connectivity index (χ2v) is 4.47. The van der Waals surface area contributed by atoms with Crippen molar-refractivity contribution in [2.75, 3.05) is 11.9 Å². The molecule has 2 rings (SSSR count). The minimum absolute atomic E-state index is 0.0159. The fourth-order valence-corrected chi connectivity index (χ4v) is 2.31. The van der Waals surface area contributed by atoms with E-state index >= 15 is 0 Å². The molecular formula is C11H11BrN2O3. The molecule has 0 fully saturated rings. The zero-order valence-electron chi connectivity index (χ0n) is 9.06. The summed E-state index contributed by atoms with van der Waals surface area (Å²) in [6.07, 6.45) is 0.756. The Hall–Kier alpha value is -1.43. The summed E-state index contributed by atoms with van der Waals surface area (Å²) in [6, 6.07) is 4.85. The monoisotopic (exact) mass is 298 g/mol. The van der Waals surface area contributed by atoms with E-state index in [1.54, 1.807) is 17.0 Å². The Bertz CT molecular complexity index is 476. The van der Waals surface area contributed by atoms with Gasteiger partial charge in [0.15, 0.2) is 0 Å². The minimum Gasteiger partial charge on any atom is -0.337 e. The molecule has 1 aliphatic rings. The predicted molar refractivity (Wildman–Crippen MR) is 66.0 cm³/mol. The number of nitrogens with zero attached hydrogens (tertiary/aromatic N) is 2. The van der Waals surface area contributed by atoms with E-state index in [2.05, 4.69) is 15.9 Å². The van der Waals surface area contributed by atoms with Crippen LogP contribution < -0.4 is 0 Å². The van der Waals surface area contributed by atoms with Crippen molar-refractivity contribution in [3.05, 3.63) is 39.4 Å². The maximum atomic E-state index is 11.5. The first-order valence-electron chi connectivity index (χ1n) is 5.21. The van der Waals surface area contributed by atoms with Gasteiger partial charge in [-0.2, -0.15) is 0 Å². The van der Waals surface area contributed by atoms with E-state index in [0.717, 1.165) is 17.5 Å². The Morgan fingerprint density at radius 2 is 2.24 bits per heavy atom. The number of nitro groups is 1. The van der Waals surface area contributed by atoms with Crippen molar-refractivity contribution in [3.8, 4) is 0 Å². The maximum absolute atomic E-state index is 11.5. The Kier molecular flexibility index (Phi) is 3.42. The molecule has 0 aromatic heterocycles. The van der Waals surface area contributed by atoms with Crippen LogP contribution in [-0.4, -0.2) is 27.6 Å². The molecule has 1 amide bonds. The number of carbonyl (C=O) groups excluding carboxylic acids is 1. The molecule has 0 atom stereocenters. The van der Waals surface area contributed by atoms with Crippen LogP contribution in [0.3, 0.4) is 0 Å². The van der Waals surface area contributed by atoms with Crippen LogP contribution in [-0.2, 0) is 17.8 Å². The Labute approximate surface area is 107 Å². The molecule has 0 radical (unpaired) electrons. The maximum Gasteiger partial charge on any atom is 0.269 e. The second-order valence-electron chi connectivity index (χ2n) is 3.91. The number of carbonyl (C=O) groups is 1. The van der Waals surface area contributed by atoms with Gasteiger partial charge in [0.05, 0.1) is 10.3 Å². The lowest BCUT2D eigenvalue weighted by Gasteiger charge is -2.28. The summed E-state index contributed by atoms with van der Waals surface area (Å²) in [5.74, 6) is 0.0159. The number of benzene rings is 1. The number of fused-ring (bicyclic) bond motifs is 1. The van der Waals surface area contributed by atoms with E-state index in [9.17, 15) is 14.9 Å². The van der Waals surface area contributed by atoms with Crippen molar-refractivity contribution in [1.29, 1.82) is 0 Å². The SMILES string of the molecule is O=C(CBr)N1CCc2ccc([N+](=O)[O-])cc2C1. The van der Waals surface area contributed by atoms with E-state index in [1.807, 2.05) is 0 Å². The van der Waals surface area contributed by atoms with Crippen LogP contribution in [0, 0.1) is 10.1 Å². The smallest absolute Gasteiger partial charge is 0.269 e. The number of non-ortho nitro benzene ring substituents is 1. The number of rotatable bonds is 2. The molecule has 90 valence electrons. The van der Waals surface area contributed by atoms with Gasteiger partial charge in [0.25, 0.3) is 5.69 Å². The molecule has 1 aromatic carbocycles. The molecule has 0 bridgehead atoms. The fraction of sp³-hybridized carbons (Fsp3) is 0.364. The van der Waals surface area contributed by atoms with Gasteiger partial charge in [-0.15, -0.1) is 0 Å². The lowest BCUT2D eigenvalue weighted by molar-refractivity contribution is -0.385. The highest BCUT2D eigenvalue weighted by atomic mass is 79.9. The zero-order chi connectivity index (χ0) is 12.4. The molecule has 5 nitrogen and oxygen atoms in total. The summed E-state index contributed by atoms with van der Waals surface area (Å²) in [6.45, 7) is 1.14. The predicted octanol–water partition coefficient (Wildman–Crippen LogP) is 1.87. The highest BCUT2D eigenvalue weighted by Gasteiger charge is 2.21. The highest BCUT2D eigenvalue weighted by molar-refractivity contribution is 9.09. The molecule has 0 unspecified atom stereocenters. The van der Waals surface area contributed by atoms with Crippen molar-refractivity contribution in [1.82, 2.24) is 4.90 Å². The van der Waals surface area contributed by atoms with Crippen molar-refractivity contribution in [2.45, 2.75) is 13.0 Å². The van der Waals surface area contributed by atoms with E-state index in [1.165, 1.54) is 6.07 Å². The van der Waals surface area contributed by atoms with E-state index < -0.39 is 4.92 Å². The summed E-state index contributed by atoms with van der Waals surface area (Å²) in [4.78, 5) is 23.5. The normalized spacial score (nSPS) is 14.3. The summed E-state index contributed by atoms with van der Waals surface area (Å²) in [5.41, 5.74) is 2.05. The van der Waals surface area contributed by atoms with Crippen LogP contribution in [0.4, 0.5) is 5.69 Å². The minimum atomic E-state index is -0.411. The number of halogens is 1. The largest absolute Gasteiger partial charge is 0.337 e. The van der Waals surface area contributed by atoms with Crippen LogP contribution in [0.2, 0.25) is 0 Å². The summed E-state index contributed by atoms with van der Waals surface area (Å²) in [5, 5.41) is 11.0. The molecule has 0 saturated heterocycles. The summed E-state index contributed by atoms with van der Waals surface area (Å²) in [7, 11) is 0. The van der Waals surface area contributed by atoms with Crippen molar-refractivity contribution in [3.63, 3.8) is 0 Å². The van der Waals surface area contributed by atoms with Gasteiger partial charge in [-0.05, 0) is 17.5 Å². The van der Waals surface area contributed by atoms with Gasteiger partial charge in [0.1, 0.15) is 0 Å². The van der Waals surface area contributed by atoms with E-state index in [4.69, 9.17) is 0 Å². The summed E-state index contributed by atoms with van der Waals surface area (Å²) < 4.78 is 0. The molecule has 0 aliphatic carbocycles. The van der Waals surface area contributed by atoms with Gasteiger partial charge in [0.2, 0.25) is 5.91 Å². The quantitative estimate of drug-likeness (QED) is 0.476. The van der Waals surface area contributed by atoms with Gasteiger partial charge >= 0.3 is 0 Å². The average molecular weight is 299 g/mol. The van der Waals surface area contributed by atoms with Gasteiger partial charge < -0.3 is 4.90 Å². The van der Waals surface area contributed by atoms with Crippen molar-refractivity contribution in [2.24, 2.45) is 0 Å². The topological polar surface area (TPSA) is 63.5 Å². The molecule has 17 heavy (non-hydrogen) atoms. The highest BCUT2D eigenvalue weighted by Crippen LogP contribution is 2.23. The molecule has 0 N–H and O–H groups in total. The molecule has 1 aliphatic heterocycles. The molecule has 0 spiro atoms. The third kappa shape index (κ3) is 2.46. The van der Waals surface area contributed by atoms with Crippen LogP contribution in [0.15, 0.2) is 18.2 Å². The lowest BCUT2D eigenvalue weighted by Crippen LogP contribution is -2.36. The first kappa shape index (κ1) is 12.0. The van der Waals surface area contributed by atoms with Gasteiger partial charge in [0, 0.05) is 25.2 Å². The molecular weight excluding hydrogens is 288 g/mol. The van der Waals surface area contributed by atoms with Crippen molar-refractivity contribution < 1.29 is 9.72 Å². The number of amides is 1. The lowest BCUT2D eigenvalue weighted by atomic mass is 9.99. The van der Waals surface area contributed by atoms with Crippen LogP contribution in [0.5, 0.6) is 0 Å². The number of hydrogen-bond acceptors (Lipinski definition) is 3. The standard InChI is InChI=1S/C11H11BrN2O3/c12-6-11(15)13-4-3-8-1-2-10(14(16)17)5-9(8)7-13/h1-2,5H,3-4,6-7H2. The molecule has 1 aromatic rings. The number of alkyl halides is 1. The third-order valence-corrected chi connectivity index (χ3v) is 3.36. The van der Waals surface area contributed by atoms with Gasteiger partial charge in [-0.3, -0.25) is 14.9 Å². The molecule has 1 heterocycles. The Balaban J connectivity index is 2.26. The van der Waals surface area contributed by atoms with E-state index in [-0.39, 0.29) is 16.9 Å². The van der Waals surface area contributed by atoms with Crippen LogP contribution in [0.25, 0.3) is 0 Å². The van der Waals surface area contributed by atoms with Gasteiger partial charge in [-0.25, -0.2) is 0 Å². The molecule has 0 saturated carbocycles. The first-order chi connectivity index (χ1) is 8.11. The van der Waals surface area contributed by atoms with Crippen LogP contribution >= 0.6 is 15.9 Å². The zero-order valence-corrected chi connectivity index (χ0v) is 10.6. The van der Waals surface area contributed by atoms with E-state index in [0.29, 0.717) is 13.1 Å². The van der Waals surface area contributed by atoms with Gasteiger partial charge in [-0.1, -0.05) is 22.0 Å². The Morgan fingerprint density at radius 3 is 2.88 bits per heavy atom. The Morgan fingerprint density at radius 1 is 1.47 bits per heavy atom. The fourth-order valence-electron chi connectivity index (χ4n) is 1.95. The number of hydrogen-bond donors (Lipinski definition) is 0. The summed E-state index contributed by atoms with van der Waals surface area (Å²) >= 11 is 3.13. The average Bonchev–Trinajstić information content (AvgIpc) is 2.36.